The predicted octanol–water partition coefficient (Wildman–Crippen LogP) is 3.01. The second kappa shape index (κ2) is 6.74. The van der Waals surface area contributed by atoms with E-state index in [-0.39, 0.29) is 5.75 Å². The van der Waals surface area contributed by atoms with Gasteiger partial charge in [-0.25, -0.2) is 8.42 Å². The lowest BCUT2D eigenvalue weighted by Gasteiger charge is -2.36. The van der Waals surface area contributed by atoms with E-state index in [4.69, 9.17) is 23.2 Å². The molecule has 1 aliphatic heterocycles. The molecule has 8 heteroatoms. The van der Waals surface area contributed by atoms with E-state index in [2.05, 4.69) is 0 Å². The molecule has 0 aliphatic carbocycles. The van der Waals surface area contributed by atoms with E-state index < -0.39 is 28.0 Å². The number of piperidine rings is 1. The van der Waals surface area contributed by atoms with Gasteiger partial charge in [0.1, 0.15) is 0 Å². The molecule has 122 valence electrons. The highest BCUT2D eigenvalue weighted by Crippen LogP contribution is 2.29. The van der Waals surface area contributed by atoms with Crippen molar-refractivity contribution in [2.75, 3.05) is 6.54 Å². The number of halogens is 2. The molecule has 0 amide bonds. The van der Waals surface area contributed by atoms with Gasteiger partial charge in [-0.1, -0.05) is 29.3 Å². The molecule has 1 aliphatic rings. The number of rotatable bonds is 4. The highest BCUT2D eigenvalue weighted by molar-refractivity contribution is 7.88. The van der Waals surface area contributed by atoms with Gasteiger partial charge in [0.25, 0.3) is 0 Å². The summed E-state index contributed by atoms with van der Waals surface area (Å²) in [5, 5.41) is 9.85. The zero-order chi connectivity index (χ0) is 16.5. The van der Waals surface area contributed by atoms with Crippen LogP contribution in [0.5, 0.6) is 0 Å². The van der Waals surface area contributed by atoms with Gasteiger partial charge in [-0.15, -0.1) is 0 Å². The smallest absolute Gasteiger partial charge is 0.308 e. The van der Waals surface area contributed by atoms with Gasteiger partial charge in [0.15, 0.2) is 0 Å². The van der Waals surface area contributed by atoms with E-state index in [0.29, 0.717) is 35.0 Å². The zero-order valence-electron chi connectivity index (χ0n) is 12.0. The Morgan fingerprint density at radius 2 is 2.05 bits per heavy atom. The van der Waals surface area contributed by atoms with E-state index in [1.165, 1.54) is 10.4 Å². The van der Waals surface area contributed by atoms with E-state index in [0.717, 1.165) is 0 Å². The van der Waals surface area contributed by atoms with E-state index in [9.17, 15) is 18.3 Å². The molecule has 0 aromatic heterocycles. The molecule has 0 unspecified atom stereocenters. The van der Waals surface area contributed by atoms with Crippen LogP contribution in [0.1, 0.15) is 25.3 Å². The van der Waals surface area contributed by atoms with Gasteiger partial charge in [0.2, 0.25) is 10.0 Å². The summed E-state index contributed by atoms with van der Waals surface area (Å²) in [4.78, 5) is 11.2. The van der Waals surface area contributed by atoms with Crippen LogP contribution in [-0.2, 0) is 20.6 Å². The van der Waals surface area contributed by atoms with Crippen LogP contribution in [-0.4, -0.2) is 36.4 Å². The summed E-state index contributed by atoms with van der Waals surface area (Å²) < 4.78 is 26.5. The molecule has 2 atom stereocenters. The number of sulfonamides is 1. The van der Waals surface area contributed by atoms with Crippen molar-refractivity contribution in [2.45, 2.75) is 31.6 Å². The van der Waals surface area contributed by atoms with Gasteiger partial charge in [0, 0.05) is 12.6 Å². The average molecular weight is 366 g/mol. The molecule has 1 heterocycles. The maximum absolute atomic E-state index is 12.6. The van der Waals surface area contributed by atoms with Crippen LogP contribution in [0.4, 0.5) is 0 Å². The first kappa shape index (κ1) is 17.5. The Hall–Kier alpha value is -0.820. The van der Waals surface area contributed by atoms with Crippen LogP contribution in [0.15, 0.2) is 18.2 Å². The van der Waals surface area contributed by atoms with E-state index in [1.54, 1.807) is 19.1 Å². The van der Waals surface area contributed by atoms with Crippen molar-refractivity contribution in [1.29, 1.82) is 0 Å². The van der Waals surface area contributed by atoms with Crippen LogP contribution in [0.2, 0.25) is 10.0 Å². The lowest BCUT2D eigenvalue weighted by Crippen LogP contribution is -2.49. The number of carboxylic acid groups (broad SMARTS) is 1. The minimum Gasteiger partial charge on any atom is -0.481 e. The molecule has 1 fully saturated rings. The summed E-state index contributed by atoms with van der Waals surface area (Å²) in [6.07, 6.45) is 1.04. The van der Waals surface area contributed by atoms with Crippen LogP contribution in [0.3, 0.4) is 0 Å². The van der Waals surface area contributed by atoms with Crippen LogP contribution in [0, 0.1) is 5.92 Å². The van der Waals surface area contributed by atoms with Gasteiger partial charge >= 0.3 is 5.97 Å². The van der Waals surface area contributed by atoms with E-state index in [1.807, 2.05) is 0 Å². The fourth-order valence-corrected chi connectivity index (χ4v) is 4.91. The summed E-state index contributed by atoms with van der Waals surface area (Å²) >= 11 is 11.7. The number of hydrogen-bond acceptors (Lipinski definition) is 3. The molecule has 5 nitrogen and oxygen atoms in total. The van der Waals surface area contributed by atoms with Gasteiger partial charge in [-0.05, 0) is 37.5 Å². The third kappa shape index (κ3) is 3.74. The minimum absolute atomic E-state index is 0.222. The Morgan fingerprint density at radius 3 is 2.64 bits per heavy atom. The summed E-state index contributed by atoms with van der Waals surface area (Å²) in [7, 11) is -3.61. The minimum atomic E-state index is -3.61. The van der Waals surface area contributed by atoms with Crippen molar-refractivity contribution in [3.8, 4) is 0 Å². The molecule has 0 radical (unpaired) electrons. The molecule has 2 rings (SSSR count). The Morgan fingerprint density at radius 1 is 1.36 bits per heavy atom. The molecule has 1 aromatic carbocycles. The Balaban J connectivity index is 2.22. The quantitative estimate of drug-likeness (QED) is 0.889. The molecule has 22 heavy (non-hydrogen) atoms. The number of carbonyl (C=O) groups is 1. The normalized spacial score (nSPS) is 23.4. The maximum atomic E-state index is 12.6. The number of nitrogens with zero attached hydrogens (tertiary/aromatic N) is 1. The number of aliphatic carboxylic acids is 1. The number of carboxylic acids is 1. The first-order valence-corrected chi connectivity index (χ1v) is 9.25. The number of hydrogen-bond donors (Lipinski definition) is 1. The SMILES string of the molecule is C[C@@H]1[C@H](C(=O)O)CCCN1S(=O)(=O)Cc1ccc(Cl)c(Cl)c1. The lowest BCUT2D eigenvalue weighted by molar-refractivity contribution is -0.144. The third-order valence-corrected chi connectivity index (χ3v) is 6.60. The first-order chi connectivity index (χ1) is 10.2. The van der Waals surface area contributed by atoms with Crippen LogP contribution >= 0.6 is 23.2 Å². The lowest BCUT2D eigenvalue weighted by atomic mass is 9.92. The Kier molecular flexibility index (Phi) is 5.37. The molecule has 1 N–H and O–H groups in total. The molecule has 1 saturated heterocycles. The first-order valence-electron chi connectivity index (χ1n) is 6.88. The standard InChI is InChI=1S/C14H17Cl2NO4S/c1-9-11(14(18)19)3-2-6-17(9)22(20,21)8-10-4-5-12(15)13(16)7-10/h4-5,7,9,11H,2-3,6,8H2,1H3,(H,18,19)/t9-,11-/m1/s1. The summed E-state index contributed by atoms with van der Waals surface area (Å²) in [5.74, 6) is -1.85. The molecular weight excluding hydrogens is 349 g/mol. The molecule has 0 saturated carbocycles. The zero-order valence-corrected chi connectivity index (χ0v) is 14.3. The van der Waals surface area contributed by atoms with Gasteiger partial charge in [-0.3, -0.25) is 4.79 Å². The van der Waals surface area contributed by atoms with Gasteiger partial charge in [0.05, 0.1) is 21.7 Å². The predicted molar refractivity (Wildman–Crippen MR) is 85.6 cm³/mol. The molecule has 0 spiro atoms. The molecular formula is C14H17Cl2NO4S. The van der Waals surface area contributed by atoms with Crippen molar-refractivity contribution in [1.82, 2.24) is 4.31 Å². The summed E-state index contributed by atoms with van der Waals surface area (Å²) in [5.41, 5.74) is 0.527. The fourth-order valence-electron chi connectivity index (χ4n) is 2.76. The van der Waals surface area contributed by atoms with Crippen molar-refractivity contribution in [3.63, 3.8) is 0 Å². The molecule has 0 bridgehead atoms. The Labute approximate surface area is 139 Å². The Bertz CT molecular complexity index is 677. The van der Waals surface area contributed by atoms with Crippen molar-refractivity contribution >= 4 is 39.2 Å². The monoisotopic (exact) mass is 365 g/mol. The second-order valence-corrected chi connectivity index (χ2v) is 8.18. The maximum Gasteiger partial charge on any atom is 0.308 e. The van der Waals surface area contributed by atoms with E-state index >= 15 is 0 Å². The largest absolute Gasteiger partial charge is 0.481 e. The summed E-state index contributed by atoms with van der Waals surface area (Å²) in [6.45, 7) is 1.99. The highest BCUT2D eigenvalue weighted by Gasteiger charge is 2.38. The second-order valence-electron chi connectivity index (χ2n) is 5.44. The van der Waals surface area contributed by atoms with Gasteiger partial charge < -0.3 is 5.11 Å². The number of benzene rings is 1. The molecule has 1 aromatic rings. The van der Waals surface area contributed by atoms with Crippen LogP contribution in [0.25, 0.3) is 0 Å². The summed E-state index contributed by atoms with van der Waals surface area (Å²) in [6, 6.07) is 4.12. The fraction of sp³-hybridized carbons (Fsp3) is 0.500. The highest BCUT2D eigenvalue weighted by atomic mass is 35.5. The van der Waals surface area contributed by atoms with Gasteiger partial charge in [-0.2, -0.15) is 4.31 Å². The third-order valence-electron chi connectivity index (χ3n) is 3.94. The van der Waals surface area contributed by atoms with Crippen molar-refractivity contribution in [2.24, 2.45) is 5.92 Å². The van der Waals surface area contributed by atoms with Crippen LogP contribution < -0.4 is 0 Å². The topological polar surface area (TPSA) is 74.7 Å². The average Bonchev–Trinajstić information content (AvgIpc) is 2.42. The van der Waals surface area contributed by atoms with Crippen molar-refractivity contribution < 1.29 is 18.3 Å². The van der Waals surface area contributed by atoms with Crippen molar-refractivity contribution in [3.05, 3.63) is 33.8 Å².